The van der Waals surface area contributed by atoms with Crippen LogP contribution in [0.3, 0.4) is 0 Å². The molecule has 0 radical (unpaired) electrons. The summed E-state index contributed by atoms with van der Waals surface area (Å²) in [6.07, 6.45) is 0.402. The molecule has 1 atom stereocenters. The SMILES string of the molecule is COc1cccc(CC(=O)C2COc3ccccc32)c1. The number of para-hydroxylation sites is 1. The largest absolute Gasteiger partial charge is 0.497 e. The molecule has 0 saturated carbocycles. The lowest BCUT2D eigenvalue weighted by molar-refractivity contribution is -0.120. The van der Waals surface area contributed by atoms with Crippen molar-refractivity contribution in [3.8, 4) is 11.5 Å². The third-order valence-electron chi connectivity index (χ3n) is 3.60. The van der Waals surface area contributed by atoms with Crippen LogP contribution in [0.15, 0.2) is 48.5 Å². The van der Waals surface area contributed by atoms with E-state index in [2.05, 4.69) is 0 Å². The van der Waals surface area contributed by atoms with Crippen LogP contribution in [-0.2, 0) is 11.2 Å². The predicted octanol–water partition coefficient (Wildman–Crippen LogP) is 2.98. The van der Waals surface area contributed by atoms with Crippen LogP contribution in [0, 0.1) is 0 Å². The number of carbonyl (C=O) groups is 1. The molecule has 0 saturated heterocycles. The minimum absolute atomic E-state index is 0.155. The summed E-state index contributed by atoms with van der Waals surface area (Å²) in [4.78, 5) is 12.5. The van der Waals surface area contributed by atoms with E-state index in [4.69, 9.17) is 9.47 Å². The van der Waals surface area contributed by atoms with Crippen LogP contribution in [0.1, 0.15) is 17.0 Å². The van der Waals surface area contributed by atoms with Crippen LogP contribution in [0.2, 0.25) is 0 Å². The van der Waals surface area contributed by atoms with Gasteiger partial charge >= 0.3 is 0 Å². The molecule has 0 N–H and O–H groups in total. The first-order valence-corrected chi connectivity index (χ1v) is 6.65. The summed E-state index contributed by atoms with van der Waals surface area (Å²) in [7, 11) is 1.63. The molecule has 102 valence electrons. The lowest BCUT2D eigenvalue weighted by Crippen LogP contribution is -2.16. The fraction of sp³-hybridized carbons (Fsp3) is 0.235. The van der Waals surface area contributed by atoms with E-state index in [1.54, 1.807) is 7.11 Å². The van der Waals surface area contributed by atoms with E-state index in [0.29, 0.717) is 13.0 Å². The van der Waals surface area contributed by atoms with E-state index < -0.39 is 0 Å². The summed E-state index contributed by atoms with van der Waals surface area (Å²) in [6, 6.07) is 15.4. The van der Waals surface area contributed by atoms with Crippen LogP contribution in [-0.4, -0.2) is 19.5 Å². The molecule has 1 aliphatic heterocycles. The van der Waals surface area contributed by atoms with Crippen molar-refractivity contribution in [2.45, 2.75) is 12.3 Å². The highest BCUT2D eigenvalue weighted by atomic mass is 16.5. The molecule has 1 unspecified atom stereocenters. The number of benzene rings is 2. The lowest BCUT2D eigenvalue weighted by atomic mass is 9.93. The van der Waals surface area contributed by atoms with Gasteiger partial charge in [0.1, 0.15) is 23.9 Å². The zero-order chi connectivity index (χ0) is 13.9. The molecule has 0 bridgehead atoms. The van der Waals surface area contributed by atoms with Crippen molar-refractivity contribution in [1.29, 1.82) is 0 Å². The van der Waals surface area contributed by atoms with Crippen LogP contribution < -0.4 is 9.47 Å². The third-order valence-corrected chi connectivity index (χ3v) is 3.60. The summed E-state index contributed by atoms with van der Waals surface area (Å²) < 4.78 is 10.8. The second-order valence-electron chi connectivity index (χ2n) is 4.90. The van der Waals surface area contributed by atoms with Crippen LogP contribution in [0.5, 0.6) is 11.5 Å². The minimum Gasteiger partial charge on any atom is -0.497 e. The van der Waals surface area contributed by atoms with Gasteiger partial charge in [0.2, 0.25) is 0 Å². The van der Waals surface area contributed by atoms with Gasteiger partial charge in [-0.05, 0) is 23.8 Å². The van der Waals surface area contributed by atoms with E-state index in [1.807, 2.05) is 48.5 Å². The minimum atomic E-state index is -0.155. The highest BCUT2D eigenvalue weighted by Gasteiger charge is 2.29. The van der Waals surface area contributed by atoms with Gasteiger partial charge in [0.05, 0.1) is 13.0 Å². The van der Waals surface area contributed by atoms with Crippen molar-refractivity contribution in [2.24, 2.45) is 0 Å². The zero-order valence-corrected chi connectivity index (χ0v) is 11.3. The van der Waals surface area contributed by atoms with Gasteiger partial charge in [-0.15, -0.1) is 0 Å². The van der Waals surface area contributed by atoms with Crippen molar-refractivity contribution in [3.63, 3.8) is 0 Å². The number of ether oxygens (including phenoxy) is 2. The molecule has 1 aliphatic rings. The summed E-state index contributed by atoms with van der Waals surface area (Å²) in [5, 5.41) is 0. The molecule has 0 fully saturated rings. The summed E-state index contributed by atoms with van der Waals surface area (Å²) in [5.41, 5.74) is 1.97. The number of Topliss-reactive ketones (excluding diaryl/α,β-unsaturated/α-hetero) is 1. The number of rotatable bonds is 4. The molecule has 0 spiro atoms. The summed E-state index contributed by atoms with van der Waals surface area (Å²) >= 11 is 0. The molecule has 0 aromatic heterocycles. The number of hydrogen-bond acceptors (Lipinski definition) is 3. The average Bonchev–Trinajstić information content (AvgIpc) is 2.91. The van der Waals surface area contributed by atoms with Gasteiger partial charge < -0.3 is 9.47 Å². The monoisotopic (exact) mass is 268 g/mol. The van der Waals surface area contributed by atoms with Gasteiger partial charge in [0, 0.05) is 12.0 Å². The van der Waals surface area contributed by atoms with E-state index in [9.17, 15) is 4.79 Å². The molecule has 1 heterocycles. The maximum absolute atomic E-state index is 12.5. The standard InChI is InChI=1S/C17H16O3/c1-19-13-6-4-5-12(9-13)10-16(18)15-11-20-17-8-3-2-7-14(15)17/h2-9,15H,10-11H2,1H3. The fourth-order valence-electron chi connectivity index (χ4n) is 2.54. The number of hydrogen-bond donors (Lipinski definition) is 0. The first kappa shape index (κ1) is 12.7. The number of carbonyl (C=O) groups excluding carboxylic acids is 1. The Labute approximate surface area is 118 Å². The van der Waals surface area contributed by atoms with Crippen LogP contribution in [0.25, 0.3) is 0 Å². The Morgan fingerprint density at radius 2 is 2.10 bits per heavy atom. The fourth-order valence-corrected chi connectivity index (χ4v) is 2.54. The number of methoxy groups -OCH3 is 1. The van der Waals surface area contributed by atoms with E-state index in [-0.39, 0.29) is 11.7 Å². The van der Waals surface area contributed by atoms with Crippen molar-refractivity contribution in [2.75, 3.05) is 13.7 Å². The molecule has 2 aromatic carbocycles. The highest BCUT2D eigenvalue weighted by Crippen LogP contribution is 2.34. The first-order chi connectivity index (χ1) is 9.78. The van der Waals surface area contributed by atoms with Gasteiger partial charge in [0.15, 0.2) is 0 Å². The van der Waals surface area contributed by atoms with Crippen LogP contribution in [0.4, 0.5) is 0 Å². The molecule has 3 rings (SSSR count). The Kier molecular flexibility index (Phi) is 3.42. The Balaban J connectivity index is 1.77. The smallest absolute Gasteiger partial charge is 0.148 e. The summed E-state index contributed by atoms with van der Waals surface area (Å²) in [6.45, 7) is 0.447. The van der Waals surface area contributed by atoms with Gasteiger partial charge in [0.25, 0.3) is 0 Å². The topological polar surface area (TPSA) is 35.5 Å². The van der Waals surface area contributed by atoms with Crippen molar-refractivity contribution >= 4 is 5.78 Å². The molecule has 3 heteroatoms. The second-order valence-corrected chi connectivity index (χ2v) is 4.90. The molecule has 0 aliphatic carbocycles. The molecule has 2 aromatic rings. The van der Waals surface area contributed by atoms with Gasteiger partial charge in [-0.2, -0.15) is 0 Å². The molecular formula is C17H16O3. The Morgan fingerprint density at radius 1 is 1.25 bits per heavy atom. The zero-order valence-electron chi connectivity index (χ0n) is 11.3. The van der Waals surface area contributed by atoms with Gasteiger partial charge in [-0.3, -0.25) is 4.79 Å². The van der Waals surface area contributed by atoms with E-state index >= 15 is 0 Å². The Hall–Kier alpha value is -2.29. The lowest BCUT2D eigenvalue weighted by Gasteiger charge is -2.08. The normalized spacial score (nSPS) is 16.4. The van der Waals surface area contributed by atoms with Gasteiger partial charge in [-0.25, -0.2) is 0 Å². The number of ketones is 1. The third kappa shape index (κ3) is 2.39. The Morgan fingerprint density at radius 3 is 2.95 bits per heavy atom. The maximum Gasteiger partial charge on any atom is 0.148 e. The van der Waals surface area contributed by atoms with Gasteiger partial charge in [-0.1, -0.05) is 30.3 Å². The van der Waals surface area contributed by atoms with Crippen molar-refractivity contribution in [3.05, 3.63) is 59.7 Å². The molecule has 3 nitrogen and oxygen atoms in total. The second kappa shape index (κ2) is 5.37. The molecular weight excluding hydrogens is 252 g/mol. The average molecular weight is 268 g/mol. The number of fused-ring (bicyclic) bond motifs is 1. The van der Waals surface area contributed by atoms with Crippen molar-refractivity contribution < 1.29 is 14.3 Å². The van der Waals surface area contributed by atoms with E-state index in [0.717, 1.165) is 22.6 Å². The summed E-state index contributed by atoms with van der Waals surface area (Å²) in [5.74, 6) is 1.63. The van der Waals surface area contributed by atoms with E-state index in [1.165, 1.54) is 0 Å². The Bertz CT molecular complexity index is 634. The predicted molar refractivity (Wildman–Crippen MR) is 76.4 cm³/mol. The van der Waals surface area contributed by atoms with Crippen LogP contribution >= 0.6 is 0 Å². The highest BCUT2D eigenvalue weighted by molar-refractivity contribution is 5.89. The molecule has 0 amide bonds. The first-order valence-electron chi connectivity index (χ1n) is 6.65. The van der Waals surface area contributed by atoms with Crippen molar-refractivity contribution in [1.82, 2.24) is 0 Å². The maximum atomic E-state index is 12.5. The molecule has 20 heavy (non-hydrogen) atoms. The quantitative estimate of drug-likeness (QED) is 0.855.